The van der Waals surface area contributed by atoms with Gasteiger partial charge in [-0.1, -0.05) is 30.3 Å². The number of benzene rings is 2. The predicted molar refractivity (Wildman–Crippen MR) is 94.3 cm³/mol. The maximum absolute atomic E-state index is 11.8. The molecule has 4 heteroatoms. The molecule has 24 heavy (non-hydrogen) atoms. The molecule has 0 heterocycles. The molecule has 0 fully saturated rings. The number of aryl methyl sites for hydroxylation is 1. The lowest BCUT2D eigenvalue weighted by atomic mass is 10.1. The van der Waals surface area contributed by atoms with Crippen molar-refractivity contribution in [1.29, 1.82) is 0 Å². The minimum Gasteiger partial charge on any atom is -0.497 e. The summed E-state index contributed by atoms with van der Waals surface area (Å²) in [5.74, 6) is 0.986. The Labute approximate surface area is 142 Å². The largest absolute Gasteiger partial charge is 0.497 e. The molecule has 0 N–H and O–H groups in total. The van der Waals surface area contributed by atoms with Gasteiger partial charge in [0.15, 0.2) is 0 Å². The number of carbonyl (C=O) groups excluding carboxylic acids is 1. The van der Waals surface area contributed by atoms with Crippen LogP contribution >= 0.6 is 0 Å². The summed E-state index contributed by atoms with van der Waals surface area (Å²) in [6.45, 7) is 0.402. The fourth-order valence-corrected chi connectivity index (χ4v) is 2.23. The van der Waals surface area contributed by atoms with Gasteiger partial charge < -0.3 is 14.2 Å². The molecule has 0 saturated carbocycles. The maximum Gasteiger partial charge on any atom is 0.330 e. The zero-order valence-electron chi connectivity index (χ0n) is 14.0. The third-order valence-electron chi connectivity index (χ3n) is 3.48. The predicted octanol–water partition coefficient (Wildman–Crippen LogP) is 3.89. The third-order valence-corrected chi connectivity index (χ3v) is 3.48. The normalized spacial score (nSPS) is 10.6. The highest BCUT2D eigenvalue weighted by Crippen LogP contribution is 2.23. The third kappa shape index (κ3) is 5.80. The van der Waals surface area contributed by atoms with E-state index in [-0.39, 0.29) is 5.97 Å². The van der Waals surface area contributed by atoms with Crippen molar-refractivity contribution in [3.63, 3.8) is 0 Å². The minimum atomic E-state index is -0.357. The van der Waals surface area contributed by atoms with Gasteiger partial charge in [0, 0.05) is 12.1 Å². The fraction of sp³-hybridized carbons (Fsp3) is 0.250. The second-order valence-electron chi connectivity index (χ2n) is 5.24. The molecule has 0 radical (unpaired) electrons. The monoisotopic (exact) mass is 326 g/mol. The first-order valence-corrected chi connectivity index (χ1v) is 7.83. The van der Waals surface area contributed by atoms with Gasteiger partial charge in [0.25, 0.3) is 0 Å². The summed E-state index contributed by atoms with van der Waals surface area (Å²) in [7, 11) is 3.17. The van der Waals surface area contributed by atoms with Crippen LogP contribution in [0, 0.1) is 0 Å². The van der Waals surface area contributed by atoms with Gasteiger partial charge in [0.05, 0.1) is 20.8 Å². The Hall–Kier alpha value is -2.75. The zero-order chi connectivity index (χ0) is 17.2. The Morgan fingerprint density at radius 2 is 1.67 bits per heavy atom. The molecule has 2 aromatic carbocycles. The SMILES string of the molecule is COc1cc(/C=C/C(=O)OCCCc2ccccc2)cc(OC)c1. The molecular formula is C20H22O4. The van der Waals surface area contributed by atoms with Crippen molar-refractivity contribution < 1.29 is 19.0 Å². The summed E-state index contributed by atoms with van der Waals surface area (Å²) >= 11 is 0. The Morgan fingerprint density at radius 3 is 2.29 bits per heavy atom. The first-order chi connectivity index (χ1) is 11.7. The number of ether oxygens (including phenoxy) is 3. The summed E-state index contributed by atoms with van der Waals surface area (Å²) < 4.78 is 15.6. The number of rotatable bonds is 8. The van der Waals surface area contributed by atoms with Crippen LogP contribution in [0.1, 0.15) is 17.5 Å². The quantitative estimate of drug-likeness (QED) is 0.419. The lowest BCUT2D eigenvalue weighted by Crippen LogP contribution is -2.03. The van der Waals surface area contributed by atoms with Crippen LogP contribution in [0.5, 0.6) is 11.5 Å². The van der Waals surface area contributed by atoms with E-state index in [0.29, 0.717) is 18.1 Å². The average Bonchev–Trinajstić information content (AvgIpc) is 2.64. The van der Waals surface area contributed by atoms with Crippen molar-refractivity contribution in [2.75, 3.05) is 20.8 Å². The summed E-state index contributed by atoms with van der Waals surface area (Å²) in [4.78, 5) is 11.8. The Balaban J connectivity index is 1.80. The van der Waals surface area contributed by atoms with Crippen LogP contribution in [0.25, 0.3) is 6.08 Å². The van der Waals surface area contributed by atoms with E-state index >= 15 is 0 Å². The molecule has 0 unspecified atom stereocenters. The molecule has 2 aromatic rings. The van der Waals surface area contributed by atoms with E-state index in [9.17, 15) is 4.79 Å². The number of carbonyl (C=O) groups is 1. The highest BCUT2D eigenvalue weighted by atomic mass is 16.5. The first-order valence-electron chi connectivity index (χ1n) is 7.83. The summed E-state index contributed by atoms with van der Waals surface area (Å²) in [6, 6.07) is 15.6. The van der Waals surface area contributed by atoms with E-state index in [1.807, 2.05) is 30.3 Å². The first kappa shape index (κ1) is 17.6. The van der Waals surface area contributed by atoms with Gasteiger partial charge in [-0.25, -0.2) is 4.79 Å². The molecule has 0 aliphatic rings. The van der Waals surface area contributed by atoms with E-state index in [1.54, 1.807) is 26.4 Å². The summed E-state index contributed by atoms with van der Waals surface area (Å²) in [6.07, 6.45) is 4.79. The molecule has 126 valence electrons. The van der Waals surface area contributed by atoms with E-state index < -0.39 is 0 Å². The van der Waals surface area contributed by atoms with Crippen molar-refractivity contribution in [2.45, 2.75) is 12.8 Å². The van der Waals surface area contributed by atoms with Crippen molar-refractivity contribution in [2.24, 2.45) is 0 Å². The van der Waals surface area contributed by atoms with Gasteiger partial charge >= 0.3 is 5.97 Å². The van der Waals surface area contributed by atoms with Crippen LogP contribution in [0.4, 0.5) is 0 Å². The van der Waals surface area contributed by atoms with Gasteiger partial charge in [-0.05, 0) is 42.2 Å². The molecule has 0 aromatic heterocycles. The number of hydrogen-bond donors (Lipinski definition) is 0. The topological polar surface area (TPSA) is 44.8 Å². The van der Waals surface area contributed by atoms with Crippen molar-refractivity contribution in [3.05, 3.63) is 65.7 Å². The van der Waals surface area contributed by atoms with Crippen LogP contribution in [0.15, 0.2) is 54.6 Å². The number of hydrogen-bond acceptors (Lipinski definition) is 4. The Morgan fingerprint density at radius 1 is 1.00 bits per heavy atom. The molecule has 0 saturated heterocycles. The molecule has 4 nitrogen and oxygen atoms in total. The van der Waals surface area contributed by atoms with E-state index in [2.05, 4.69) is 12.1 Å². The van der Waals surface area contributed by atoms with Crippen molar-refractivity contribution >= 4 is 12.0 Å². The van der Waals surface area contributed by atoms with E-state index in [0.717, 1.165) is 18.4 Å². The average molecular weight is 326 g/mol. The standard InChI is InChI=1S/C20H22O4/c1-22-18-13-17(14-19(15-18)23-2)10-11-20(21)24-12-6-9-16-7-4-3-5-8-16/h3-5,7-8,10-11,13-15H,6,9,12H2,1-2H3/b11-10+. The van der Waals surface area contributed by atoms with Crippen molar-refractivity contribution in [1.82, 2.24) is 0 Å². The fourth-order valence-electron chi connectivity index (χ4n) is 2.23. The maximum atomic E-state index is 11.8. The van der Waals surface area contributed by atoms with Crippen LogP contribution in [0.3, 0.4) is 0 Å². The lowest BCUT2D eigenvalue weighted by molar-refractivity contribution is -0.137. The van der Waals surface area contributed by atoms with Gasteiger partial charge in [0.2, 0.25) is 0 Å². The molecule has 2 rings (SSSR count). The lowest BCUT2D eigenvalue weighted by Gasteiger charge is -2.06. The van der Waals surface area contributed by atoms with Gasteiger partial charge in [-0.15, -0.1) is 0 Å². The molecule has 0 aliphatic carbocycles. The highest BCUT2D eigenvalue weighted by molar-refractivity contribution is 5.87. The van der Waals surface area contributed by atoms with Crippen LogP contribution in [0.2, 0.25) is 0 Å². The molecular weight excluding hydrogens is 304 g/mol. The van der Waals surface area contributed by atoms with Crippen LogP contribution in [-0.2, 0) is 16.0 Å². The number of methoxy groups -OCH3 is 2. The van der Waals surface area contributed by atoms with Crippen molar-refractivity contribution in [3.8, 4) is 11.5 Å². The molecule has 0 atom stereocenters. The van der Waals surface area contributed by atoms with Gasteiger partial charge in [-0.3, -0.25) is 0 Å². The molecule has 0 aliphatic heterocycles. The molecule has 0 spiro atoms. The summed E-state index contributed by atoms with van der Waals surface area (Å²) in [5, 5.41) is 0. The van der Waals surface area contributed by atoms with Gasteiger partial charge in [0.1, 0.15) is 11.5 Å². The second kappa shape index (κ2) is 9.40. The second-order valence-corrected chi connectivity index (χ2v) is 5.24. The minimum absolute atomic E-state index is 0.357. The van der Waals surface area contributed by atoms with E-state index in [1.165, 1.54) is 11.6 Å². The molecule has 0 bridgehead atoms. The van der Waals surface area contributed by atoms with E-state index in [4.69, 9.17) is 14.2 Å². The van der Waals surface area contributed by atoms with Crippen LogP contribution < -0.4 is 9.47 Å². The highest BCUT2D eigenvalue weighted by Gasteiger charge is 2.01. The zero-order valence-corrected chi connectivity index (χ0v) is 14.0. The van der Waals surface area contributed by atoms with Gasteiger partial charge in [-0.2, -0.15) is 0 Å². The smallest absolute Gasteiger partial charge is 0.330 e. The summed E-state index contributed by atoms with van der Waals surface area (Å²) in [5.41, 5.74) is 2.06. The Kier molecular flexibility index (Phi) is 6.90. The van der Waals surface area contributed by atoms with Crippen LogP contribution in [-0.4, -0.2) is 26.8 Å². The molecule has 0 amide bonds. The Bertz CT molecular complexity index is 655. The number of esters is 1.